The molecule has 0 bridgehead atoms. The molecule has 0 amide bonds. The summed E-state index contributed by atoms with van der Waals surface area (Å²) in [6, 6.07) is 150. The predicted molar refractivity (Wildman–Crippen MR) is 490 cm³/mol. The molecule has 0 unspecified atom stereocenters. The highest BCUT2D eigenvalue weighted by molar-refractivity contribution is 5.95. The van der Waals surface area contributed by atoms with Gasteiger partial charge < -0.3 is 14.7 Å². The molecule has 114 heavy (non-hydrogen) atoms. The van der Waals surface area contributed by atoms with E-state index in [-0.39, 0.29) is 0 Å². The van der Waals surface area contributed by atoms with Crippen molar-refractivity contribution in [2.45, 2.75) is 20.8 Å². The molecule has 0 N–H and O–H groups in total. The first-order valence-corrected chi connectivity index (χ1v) is 39.1. The first-order chi connectivity index (χ1) is 56.2. The van der Waals surface area contributed by atoms with Gasteiger partial charge in [0.25, 0.3) is 0 Å². The molecule has 16 rings (SSSR count). The molecular weight excluding hydrogens is 1380 g/mol. The molecule has 3 heteroatoms. The van der Waals surface area contributed by atoms with Gasteiger partial charge in [0.1, 0.15) is 0 Å². The lowest BCUT2D eigenvalue weighted by atomic mass is 9.95. The van der Waals surface area contributed by atoms with Crippen molar-refractivity contribution in [3.8, 4) is 0 Å². The van der Waals surface area contributed by atoms with Crippen LogP contribution in [0.3, 0.4) is 0 Å². The SMILES string of the molecule is Cc1ccc(N(c2ccc(C=C(c3ccccc3)c3ccccc3)cc2)c2ccc(/C=C/c3cc(/C=C/c4ccc(N(c5ccc(C)cc5)c5ccc(C=C(c6ccccc6)c6ccccc6)cc5)cc4)cc(/C=C/c4ccc(N(c5ccc(C)cc5)c5ccc(C=C(c6ccccc6)c6ccccc6)cc5)cc4)c3)cc2)cc1. The molecule has 0 saturated heterocycles. The lowest BCUT2D eigenvalue weighted by molar-refractivity contribution is 1.27. The van der Waals surface area contributed by atoms with E-state index in [9.17, 15) is 0 Å². The van der Waals surface area contributed by atoms with Crippen LogP contribution in [-0.4, -0.2) is 0 Å². The molecule has 0 aromatic heterocycles. The molecule has 546 valence electrons. The Bertz CT molecular complexity index is 5290. The molecule has 0 aliphatic rings. The molecule has 0 heterocycles. The zero-order valence-corrected chi connectivity index (χ0v) is 64.4. The topological polar surface area (TPSA) is 9.72 Å². The van der Waals surface area contributed by atoms with Gasteiger partial charge in [-0.15, -0.1) is 0 Å². The zero-order valence-electron chi connectivity index (χ0n) is 64.4. The van der Waals surface area contributed by atoms with Crippen molar-refractivity contribution in [2.75, 3.05) is 14.7 Å². The zero-order chi connectivity index (χ0) is 77.2. The monoisotopic (exact) mass is 1460 g/mol. The van der Waals surface area contributed by atoms with E-state index in [2.05, 4.69) is 509 Å². The van der Waals surface area contributed by atoms with Gasteiger partial charge in [0.2, 0.25) is 0 Å². The largest absolute Gasteiger partial charge is 0.311 e. The summed E-state index contributed by atoms with van der Waals surface area (Å²) >= 11 is 0. The second kappa shape index (κ2) is 35.4. The normalized spacial score (nSPS) is 11.2. The minimum absolute atomic E-state index is 1.07. The number of nitrogens with zero attached hydrogens (tertiary/aromatic N) is 3. The van der Waals surface area contributed by atoms with Crippen LogP contribution in [-0.2, 0) is 0 Å². The van der Waals surface area contributed by atoms with Crippen LogP contribution in [0.5, 0.6) is 0 Å². The number of aryl methyl sites for hydroxylation is 3. The second-order valence-electron chi connectivity index (χ2n) is 28.9. The summed E-state index contributed by atoms with van der Waals surface area (Å²) in [5.74, 6) is 0. The number of benzene rings is 16. The van der Waals surface area contributed by atoms with E-state index in [1.54, 1.807) is 0 Å². The molecule has 0 fully saturated rings. The van der Waals surface area contributed by atoms with Gasteiger partial charge in [-0.05, 0) is 267 Å². The van der Waals surface area contributed by atoms with Gasteiger partial charge in [-0.2, -0.15) is 0 Å². The van der Waals surface area contributed by atoms with Crippen molar-refractivity contribution in [3.63, 3.8) is 0 Å². The van der Waals surface area contributed by atoms with Crippen LogP contribution in [0.2, 0.25) is 0 Å². The molecule has 0 atom stereocenters. The summed E-state index contributed by atoms with van der Waals surface area (Å²) in [4.78, 5) is 7.01. The Morgan fingerprint density at radius 2 is 0.307 bits per heavy atom. The number of rotatable bonds is 24. The maximum atomic E-state index is 2.34. The highest BCUT2D eigenvalue weighted by atomic mass is 15.2. The van der Waals surface area contributed by atoms with Gasteiger partial charge >= 0.3 is 0 Å². The summed E-state index contributed by atoms with van der Waals surface area (Å²) in [6.45, 7) is 6.42. The molecule has 0 aliphatic heterocycles. The van der Waals surface area contributed by atoms with Crippen LogP contribution in [0.4, 0.5) is 51.2 Å². The summed E-state index contributed by atoms with van der Waals surface area (Å²) in [7, 11) is 0. The summed E-state index contributed by atoms with van der Waals surface area (Å²) in [6.07, 6.45) is 20.2. The smallest absolute Gasteiger partial charge is 0.0462 e. The summed E-state index contributed by atoms with van der Waals surface area (Å²) < 4.78 is 0. The van der Waals surface area contributed by atoms with E-state index >= 15 is 0 Å². The third-order valence-electron chi connectivity index (χ3n) is 20.6. The number of hydrogen-bond acceptors (Lipinski definition) is 3. The maximum absolute atomic E-state index is 2.34. The van der Waals surface area contributed by atoms with E-state index in [0.717, 1.165) is 101 Å². The van der Waals surface area contributed by atoms with Crippen molar-refractivity contribution < 1.29 is 0 Å². The molecule has 0 spiro atoms. The van der Waals surface area contributed by atoms with Gasteiger partial charge in [0, 0.05) is 51.2 Å². The van der Waals surface area contributed by atoms with Crippen LogP contribution in [0, 0.1) is 20.8 Å². The fourth-order valence-electron chi connectivity index (χ4n) is 14.6. The fourth-order valence-corrected chi connectivity index (χ4v) is 14.6. The van der Waals surface area contributed by atoms with E-state index in [1.165, 1.54) is 66.8 Å². The van der Waals surface area contributed by atoms with Crippen molar-refractivity contribution in [3.05, 3.63) is 519 Å². The molecule has 0 saturated carbocycles. The Morgan fingerprint density at radius 3 is 0.482 bits per heavy atom. The lowest BCUT2D eigenvalue weighted by Gasteiger charge is -2.26. The molecule has 3 nitrogen and oxygen atoms in total. The maximum Gasteiger partial charge on any atom is 0.0462 e. The molecule has 0 radical (unpaired) electrons. The van der Waals surface area contributed by atoms with Gasteiger partial charge in [-0.1, -0.05) is 344 Å². The lowest BCUT2D eigenvalue weighted by Crippen LogP contribution is -2.09. The molecule has 16 aromatic carbocycles. The van der Waals surface area contributed by atoms with E-state index in [4.69, 9.17) is 0 Å². The van der Waals surface area contributed by atoms with Crippen molar-refractivity contribution in [1.29, 1.82) is 0 Å². The third kappa shape index (κ3) is 18.3. The minimum atomic E-state index is 1.07. The van der Waals surface area contributed by atoms with E-state index in [0.29, 0.717) is 0 Å². The van der Waals surface area contributed by atoms with Crippen LogP contribution in [0.25, 0.3) is 71.4 Å². The first-order valence-electron chi connectivity index (χ1n) is 39.1. The van der Waals surface area contributed by atoms with Gasteiger partial charge in [-0.25, -0.2) is 0 Å². The Kier molecular flexibility index (Phi) is 22.8. The number of anilines is 9. The third-order valence-corrected chi connectivity index (χ3v) is 20.6. The molecule has 16 aromatic rings. The van der Waals surface area contributed by atoms with Gasteiger partial charge in [0.15, 0.2) is 0 Å². The van der Waals surface area contributed by atoms with E-state index in [1.807, 2.05) is 0 Å². The predicted octanol–water partition coefficient (Wildman–Crippen LogP) is 30.3. The van der Waals surface area contributed by atoms with Crippen LogP contribution in [0.15, 0.2) is 419 Å². The van der Waals surface area contributed by atoms with Crippen molar-refractivity contribution >= 4 is 123 Å². The first kappa shape index (κ1) is 73.5. The second-order valence-corrected chi connectivity index (χ2v) is 28.9. The Hall–Kier alpha value is -14.6. The van der Waals surface area contributed by atoms with Crippen LogP contribution >= 0.6 is 0 Å². The minimum Gasteiger partial charge on any atom is -0.311 e. The fraction of sp³-hybridized carbons (Fsp3) is 0.0270. The quantitative estimate of drug-likeness (QED) is 0.0558. The average Bonchev–Trinajstić information content (AvgIpc) is 0.802. The van der Waals surface area contributed by atoms with E-state index < -0.39 is 0 Å². The Balaban J connectivity index is 0.698. The van der Waals surface area contributed by atoms with Crippen LogP contribution in [0.1, 0.15) is 100 Å². The molecular formula is C111H87N3. The summed E-state index contributed by atoms with van der Waals surface area (Å²) in [5.41, 5.74) is 33.9. The average molecular weight is 1460 g/mol. The van der Waals surface area contributed by atoms with Crippen LogP contribution < -0.4 is 14.7 Å². The Morgan fingerprint density at radius 1 is 0.158 bits per heavy atom. The standard InChI is InChI=1S/C111H87N3/c1-82-34-58-100(59-35-82)112(106-70-52-88(53-71-106)79-109(94-22-10-4-11-23-94)95-24-12-5-13-25-95)103-64-46-85(47-65-103)40-43-91-76-92(44-41-86-48-66-104(67-49-86)113(101-60-36-83(2)37-61-101)107-72-54-89(55-73-107)80-110(96-26-14-6-15-27-96)97-28-16-7-17-29-97)78-93(77-91)45-42-87-50-68-105(69-51-87)114(102-62-38-84(3)39-63-102)108-74-56-90(57-75-108)81-111(98-30-18-8-19-31-98)99-32-20-9-21-33-99/h4-81H,1-3H3/b43-40+,44-41+,45-42+. The molecule has 0 aliphatic carbocycles. The highest BCUT2D eigenvalue weighted by Crippen LogP contribution is 2.41. The summed E-state index contributed by atoms with van der Waals surface area (Å²) in [5, 5.41) is 0. The number of hydrogen-bond donors (Lipinski definition) is 0. The highest BCUT2D eigenvalue weighted by Gasteiger charge is 2.18. The van der Waals surface area contributed by atoms with Gasteiger partial charge in [-0.3, -0.25) is 0 Å². The van der Waals surface area contributed by atoms with Gasteiger partial charge in [0.05, 0.1) is 0 Å². The van der Waals surface area contributed by atoms with Crippen molar-refractivity contribution in [2.24, 2.45) is 0 Å². The Labute approximate surface area is 672 Å². The van der Waals surface area contributed by atoms with Crippen molar-refractivity contribution in [1.82, 2.24) is 0 Å².